The highest BCUT2D eigenvalue weighted by Crippen LogP contribution is 2.19. The van der Waals surface area contributed by atoms with E-state index in [1.165, 1.54) is 30.4 Å². The average Bonchev–Trinajstić information content (AvgIpc) is 2.28. The molecule has 0 bridgehead atoms. The van der Waals surface area contributed by atoms with E-state index in [1.807, 2.05) is 0 Å². The SMILES string of the molecule is Cc1ccc(C)c(OCCCCCCS)c1. The van der Waals surface area contributed by atoms with Crippen molar-refractivity contribution in [2.24, 2.45) is 0 Å². The van der Waals surface area contributed by atoms with E-state index < -0.39 is 0 Å². The van der Waals surface area contributed by atoms with Gasteiger partial charge < -0.3 is 4.74 Å². The summed E-state index contributed by atoms with van der Waals surface area (Å²) < 4.78 is 5.78. The van der Waals surface area contributed by atoms with Crippen LogP contribution in [0.1, 0.15) is 36.8 Å². The molecule has 1 nitrogen and oxygen atoms in total. The Morgan fingerprint density at radius 1 is 1.06 bits per heavy atom. The van der Waals surface area contributed by atoms with Gasteiger partial charge >= 0.3 is 0 Å². The molecular weight excluding hydrogens is 216 g/mol. The van der Waals surface area contributed by atoms with E-state index in [2.05, 4.69) is 44.7 Å². The van der Waals surface area contributed by atoms with Crippen molar-refractivity contribution in [3.05, 3.63) is 29.3 Å². The lowest BCUT2D eigenvalue weighted by molar-refractivity contribution is 0.303. The minimum atomic E-state index is 0.830. The zero-order valence-electron chi connectivity index (χ0n) is 10.3. The van der Waals surface area contributed by atoms with Crippen LogP contribution in [0.25, 0.3) is 0 Å². The summed E-state index contributed by atoms with van der Waals surface area (Å²) in [6.45, 7) is 5.02. The average molecular weight is 238 g/mol. The quantitative estimate of drug-likeness (QED) is 0.554. The Balaban J connectivity index is 2.23. The van der Waals surface area contributed by atoms with E-state index in [0.29, 0.717) is 0 Å². The van der Waals surface area contributed by atoms with E-state index in [-0.39, 0.29) is 0 Å². The van der Waals surface area contributed by atoms with Gasteiger partial charge in [-0.3, -0.25) is 0 Å². The predicted octanol–water partition coefficient (Wildman–Crippen LogP) is 4.17. The van der Waals surface area contributed by atoms with Crippen LogP contribution >= 0.6 is 12.6 Å². The molecule has 0 saturated carbocycles. The third-order valence-corrected chi connectivity index (χ3v) is 2.97. The standard InChI is InChI=1S/C14H22OS/c1-12-7-8-13(2)14(11-12)15-9-5-3-4-6-10-16/h7-8,11,16H,3-6,9-10H2,1-2H3. The number of ether oxygens (including phenoxy) is 1. The van der Waals surface area contributed by atoms with Crippen molar-refractivity contribution in [2.75, 3.05) is 12.4 Å². The number of unbranched alkanes of at least 4 members (excludes halogenated alkanes) is 3. The van der Waals surface area contributed by atoms with Crippen LogP contribution in [0.15, 0.2) is 18.2 Å². The highest BCUT2D eigenvalue weighted by molar-refractivity contribution is 7.80. The van der Waals surface area contributed by atoms with Gasteiger partial charge in [0.1, 0.15) is 5.75 Å². The third-order valence-electron chi connectivity index (χ3n) is 2.65. The third kappa shape index (κ3) is 4.93. The van der Waals surface area contributed by atoms with Gasteiger partial charge in [-0.1, -0.05) is 25.0 Å². The molecule has 0 aromatic heterocycles. The van der Waals surface area contributed by atoms with Gasteiger partial charge in [0.05, 0.1) is 6.61 Å². The predicted molar refractivity (Wildman–Crippen MR) is 73.7 cm³/mol. The molecule has 0 aliphatic heterocycles. The molecule has 1 aromatic carbocycles. The fourth-order valence-corrected chi connectivity index (χ4v) is 1.84. The Morgan fingerprint density at radius 3 is 2.56 bits per heavy atom. The van der Waals surface area contributed by atoms with E-state index >= 15 is 0 Å². The molecule has 2 heteroatoms. The molecule has 1 aromatic rings. The molecule has 0 unspecified atom stereocenters. The summed E-state index contributed by atoms with van der Waals surface area (Å²) in [6, 6.07) is 6.35. The molecule has 0 spiro atoms. The fraction of sp³-hybridized carbons (Fsp3) is 0.571. The summed E-state index contributed by atoms with van der Waals surface area (Å²) in [7, 11) is 0. The number of hydrogen-bond acceptors (Lipinski definition) is 2. The smallest absolute Gasteiger partial charge is 0.122 e. The molecule has 0 fully saturated rings. The normalized spacial score (nSPS) is 10.4. The number of aryl methyl sites for hydroxylation is 2. The van der Waals surface area contributed by atoms with Crippen LogP contribution in [0.4, 0.5) is 0 Å². The van der Waals surface area contributed by atoms with Crippen molar-refractivity contribution >= 4 is 12.6 Å². The Morgan fingerprint density at radius 2 is 1.81 bits per heavy atom. The van der Waals surface area contributed by atoms with Crippen molar-refractivity contribution in [3.63, 3.8) is 0 Å². The molecule has 0 aliphatic rings. The van der Waals surface area contributed by atoms with Gasteiger partial charge in [0.25, 0.3) is 0 Å². The summed E-state index contributed by atoms with van der Waals surface area (Å²) in [5, 5.41) is 0. The first-order valence-electron chi connectivity index (χ1n) is 6.05. The van der Waals surface area contributed by atoms with E-state index in [4.69, 9.17) is 4.74 Å². The fourth-order valence-electron chi connectivity index (χ4n) is 1.61. The molecule has 0 radical (unpaired) electrons. The second kappa shape index (κ2) is 7.61. The van der Waals surface area contributed by atoms with Crippen molar-refractivity contribution < 1.29 is 4.74 Å². The molecule has 1 rings (SSSR count). The summed E-state index contributed by atoms with van der Waals surface area (Å²) in [5.74, 6) is 2.03. The van der Waals surface area contributed by atoms with Crippen molar-refractivity contribution in [1.29, 1.82) is 0 Å². The van der Waals surface area contributed by atoms with Gasteiger partial charge in [-0.15, -0.1) is 0 Å². The van der Waals surface area contributed by atoms with Gasteiger partial charge in [-0.05, 0) is 49.6 Å². The van der Waals surface area contributed by atoms with Gasteiger partial charge in [0.15, 0.2) is 0 Å². The highest BCUT2D eigenvalue weighted by Gasteiger charge is 1.99. The number of hydrogen-bond donors (Lipinski definition) is 1. The molecule has 0 aliphatic carbocycles. The Bertz CT molecular complexity index is 310. The summed E-state index contributed by atoms with van der Waals surface area (Å²) in [4.78, 5) is 0. The first kappa shape index (κ1) is 13.4. The first-order chi connectivity index (χ1) is 7.74. The molecule has 16 heavy (non-hydrogen) atoms. The second-order valence-corrected chi connectivity index (χ2v) is 4.70. The molecular formula is C14H22OS. The molecule has 90 valence electrons. The molecule has 0 atom stereocenters. The van der Waals surface area contributed by atoms with Crippen molar-refractivity contribution in [3.8, 4) is 5.75 Å². The van der Waals surface area contributed by atoms with Crippen LogP contribution in [-0.4, -0.2) is 12.4 Å². The summed E-state index contributed by atoms with van der Waals surface area (Å²) in [6.07, 6.45) is 4.86. The molecule has 0 saturated heterocycles. The first-order valence-corrected chi connectivity index (χ1v) is 6.68. The van der Waals surface area contributed by atoms with Gasteiger partial charge in [0, 0.05) is 0 Å². The van der Waals surface area contributed by atoms with E-state index in [1.54, 1.807) is 0 Å². The minimum Gasteiger partial charge on any atom is -0.493 e. The minimum absolute atomic E-state index is 0.830. The Kier molecular flexibility index (Phi) is 6.39. The van der Waals surface area contributed by atoms with Crippen LogP contribution in [0, 0.1) is 13.8 Å². The summed E-state index contributed by atoms with van der Waals surface area (Å²) >= 11 is 4.20. The number of thiol groups is 1. The van der Waals surface area contributed by atoms with Crippen LogP contribution < -0.4 is 4.74 Å². The van der Waals surface area contributed by atoms with E-state index in [9.17, 15) is 0 Å². The van der Waals surface area contributed by atoms with E-state index in [0.717, 1.165) is 24.5 Å². The molecule has 0 heterocycles. The lowest BCUT2D eigenvalue weighted by Gasteiger charge is -2.09. The van der Waals surface area contributed by atoms with Crippen molar-refractivity contribution in [1.82, 2.24) is 0 Å². The maximum atomic E-state index is 5.78. The van der Waals surface area contributed by atoms with Gasteiger partial charge in [-0.25, -0.2) is 0 Å². The Labute approximate surface area is 105 Å². The highest BCUT2D eigenvalue weighted by atomic mass is 32.1. The zero-order valence-corrected chi connectivity index (χ0v) is 11.2. The lowest BCUT2D eigenvalue weighted by Crippen LogP contribution is -1.99. The molecule has 0 amide bonds. The van der Waals surface area contributed by atoms with Crippen LogP contribution in [-0.2, 0) is 0 Å². The van der Waals surface area contributed by atoms with Gasteiger partial charge in [0.2, 0.25) is 0 Å². The van der Waals surface area contributed by atoms with Crippen molar-refractivity contribution in [2.45, 2.75) is 39.5 Å². The summed E-state index contributed by atoms with van der Waals surface area (Å²) in [5.41, 5.74) is 2.48. The number of benzene rings is 1. The zero-order chi connectivity index (χ0) is 11.8. The van der Waals surface area contributed by atoms with Crippen LogP contribution in [0.5, 0.6) is 5.75 Å². The topological polar surface area (TPSA) is 9.23 Å². The Hall–Kier alpha value is -0.630. The maximum Gasteiger partial charge on any atom is 0.122 e. The van der Waals surface area contributed by atoms with Crippen LogP contribution in [0.3, 0.4) is 0 Å². The lowest BCUT2D eigenvalue weighted by atomic mass is 10.1. The molecule has 0 N–H and O–H groups in total. The monoisotopic (exact) mass is 238 g/mol. The largest absolute Gasteiger partial charge is 0.493 e. The number of rotatable bonds is 7. The van der Waals surface area contributed by atoms with Gasteiger partial charge in [-0.2, -0.15) is 12.6 Å². The second-order valence-electron chi connectivity index (χ2n) is 4.26. The maximum absolute atomic E-state index is 5.78. The van der Waals surface area contributed by atoms with Crippen LogP contribution in [0.2, 0.25) is 0 Å².